The maximum absolute atomic E-state index is 12.1. The highest BCUT2D eigenvalue weighted by Crippen LogP contribution is 2.18. The maximum atomic E-state index is 12.1. The predicted molar refractivity (Wildman–Crippen MR) is 78.4 cm³/mol. The minimum absolute atomic E-state index is 0.0453. The number of methoxy groups -OCH3 is 1. The Morgan fingerprint density at radius 3 is 2.24 bits per heavy atom. The molecule has 1 aromatic rings. The topological polar surface area (TPSA) is 78.8 Å². The van der Waals surface area contributed by atoms with Crippen molar-refractivity contribution in [1.29, 1.82) is 0 Å². The average Bonchev–Trinajstić information content (AvgIpc) is 2.47. The van der Waals surface area contributed by atoms with Gasteiger partial charge in [0.2, 0.25) is 0 Å². The Morgan fingerprint density at radius 1 is 1.14 bits per heavy atom. The lowest BCUT2D eigenvalue weighted by Gasteiger charge is -2.13. The van der Waals surface area contributed by atoms with Gasteiger partial charge >= 0.3 is 0 Å². The number of halogens is 1. The molecule has 110 valence electrons. The van der Waals surface area contributed by atoms with Crippen LogP contribution in [0.1, 0.15) is 0 Å². The van der Waals surface area contributed by atoms with Gasteiger partial charge in [-0.15, -0.1) is 0 Å². The maximum Gasteiger partial charge on any atom is 0.282 e. The first kappa shape index (κ1) is 15.3. The van der Waals surface area contributed by atoms with E-state index in [1.54, 1.807) is 0 Å². The Balaban J connectivity index is 2.29. The molecule has 5 nitrogen and oxygen atoms in total. The van der Waals surface area contributed by atoms with Gasteiger partial charge < -0.3 is 9.84 Å². The zero-order valence-corrected chi connectivity index (χ0v) is 12.6. The Kier molecular flexibility index (Phi) is 4.50. The second-order valence-electron chi connectivity index (χ2n) is 4.06. The Bertz CT molecular complexity index is 741. The molecule has 0 fully saturated rings. The fourth-order valence-corrected chi connectivity index (χ4v) is 2.68. The molecule has 0 radical (unpaired) electrons. The minimum Gasteiger partial charge on any atom is -0.616 e. The van der Waals surface area contributed by atoms with Crippen LogP contribution in [0.5, 0.6) is 0 Å². The Labute approximate surface area is 127 Å². The summed E-state index contributed by atoms with van der Waals surface area (Å²) in [5, 5.41) is 11.7. The SMILES string of the molecule is COC([O-])=C1C=CC(=NS(=O)(=O)c2ccc(Cl)cc2)C=C1. The van der Waals surface area contributed by atoms with E-state index >= 15 is 0 Å². The number of sulfonamides is 1. The predicted octanol–water partition coefficient (Wildman–Crippen LogP) is 1.81. The highest BCUT2D eigenvalue weighted by atomic mass is 35.5. The summed E-state index contributed by atoms with van der Waals surface area (Å²) in [5.41, 5.74) is 0.540. The molecule has 1 aliphatic rings. The number of hydrogen-bond donors (Lipinski definition) is 0. The lowest BCUT2D eigenvalue weighted by atomic mass is 10.1. The van der Waals surface area contributed by atoms with Crippen molar-refractivity contribution in [1.82, 2.24) is 0 Å². The van der Waals surface area contributed by atoms with Crippen LogP contribution in [-0.4, -0.2) is 21.2 Å². The fraction of sp³-hybridized carbons (Fsp3) is 0.0714. The van der Waals surface area contributed by atoms with E-state index in [4.69, 9.17) is 11.6 Å². The largest absolute Gasteiger partial charge is 0.616 e. The molecule has 1 aromatic carbocycles. The molecule has 0 heterocycles. The fourth-order valence-electron chi connectivity index (χ4n) is 1.57. The van der Waals surface area contributed by atoms with Crippen molar-refractivity contribution in [3.63, 3.8) is 0 Å². The van der Waals surface area contributed by atoms with Gasteiger partial charge in [-0.05, 0) is 49.1 Å². The first-order valence-corrected chi connectivity index (χ1v) is 7.66. The van der Waals surface area contributed by atoms with E-state index in [-0.39, 0.29) is 10.6 Å². The van der Waals surface area contributed by atoms with Crippen LogP contribution >= 0.6 is 11.6 Å². The summed E-state index contributed by atoms with van der Waals surface area (Å²) in [4.78, 5) is 0.0453. The highest BCUT2D eigenvalue weighted by Gasteiger charge is 2.13. The molecule has 0 N–H and O–H groups in total. The Hall–Kier alpha value is -2.05. The molecule has 7 heteroatoms. The second kappa shape index (κ2) is 6.15. The molecular weight excluding hydrogens is 314 g/mol. The van der Waals surface area contributed by atoms with Gasteiger partial charge in [-0.2, -0.15) is 12.8 Å². The number of nitrogens with zero attached hydrogens (tertiary/aromatic N) is 1. The molecule has 0 saturated carbocycles. The second-order valence-corrected chi connectivity index (χ2v) is 6.10. The van der Waals surface area contributed by atoms with Crippen LogP contribution in [0.25, 0.3) is 0 Å². The lowest BCUT2D eigenvalue weighted by Crippen LogP contribution is -2.10. The molecule has 0 bridgehead atoms. The molecule has 0 amide bonds. The normalized spacial score (nSPS) is 14.2. The zero-order chi connectivity index (χ0) is 15.5. The summed E-state index contributed by atoms with van der Waals surface area (Å²) >= 11 is 5.71. The van der Waals surface area contributed by atoms with E-state index < -0.39 is 16.0 Å². The molecule has 0 aliphatic heterocycles. The lowest BCUT2D eigenvalue weighted by molar-refractivity contribution is -0.354. The summed E-state index contributed by atoms with van der Waals surface area (Å²) in [7, 11) is -2.55. The van der Waals surface area contributed by atoms with Gasteiger partial charge in [0.1, 0.15) is 0 Å². The van der Waals surface area contributed by atoms with Crippen molar-refractivity contribution < 1.29 is 18.3 Å². The van der Waals surface area contributed by atoms with Crippen LogP contribution in [0.15, 0.2) is 69.4 Å². The van der Waals surface area contributed by atoms with E-state index in [2.05, 4.69) is 9.13 Å². The van der Waals surface area contributed by atoms with Crippen molar-refractivity contribution >= 4 is 27.3 Å². The molecule has 0 atom stereocenters. The monoisotopic (exact) mass is 324 g/mol. The molecule has 21 heavy (non-hydrogen) atoms. The van der Waals surface area contributed by atoms with Crippen molar-refractivity contribution in [3.05, 3.63) is 65.1 Å². The third-order valence-corrected chi connectivity index (χ3v) is 4.20. The summed E-state index contributed by atoms with van der Waals surface area (Å²) in [5.74, 6) is -0.498. The van der Waals surface area contributed by atoms with Crippen LogP contribution in [0.4, 0.5) is 0 Å². The van der Waals surface area contributed by atoms with Gasteiger partial charge in [0.25, 0.3) is 10.0 Å². The molecule has 0 unspecified atom stereocenters. The van der Waals surface area contributed by atoms with Crippen molar-refractivity contribution in [2.45, 2.75) is 4.90 Å². The van der Waals surface area contributed by atoms with E-state index in [1.807, 2.05) is 0 Å². The number of hydrogen-bond acceptors (Lipinski definition) is 4. The van der Waals surface area contributed by atoms with Gasteiger partial charge in [0.15, 0.2) is 0 Å². The number of ether oxygens (including phenoxy) is 1. The van der Waals surface area contributed by atoms with E-state index in [0.29, 0.717) is 10.6 Å². The van der Waals surface area contributed by atoms with E-state index in [1.165, 1.54) is 55.7 Å². The van der Waals surface area contributed by atoms with Crippen molar-refractivity contribution in [2.24, 2.45) is 4.40 Å². The molecule has 2 rings (SSSR count). The van der Waals surface area contributed by atoms with Gasteiger partial charge in [-0.3, -0.25) is 0 Å². The summed E-state index contributed by atoms with van der Waals surface area (Å²) < 4.78 is 32.4. The van der Waals surface area contributed by atoms with Gasteiger partial charge in [-0.25, -0.2) is 0 Å². The number of rotatable bonds is 3. The van der Waals surface area contributed by atoms with Crippen molar-refractivity contribution in [3.8, 4) is 0 Å². The minimum atomic E-state index is -3.82. The molecule has 0 aromatic heterocycles. The smallest absolute Gasteiger partial charge is 0.282 e. The number of benzene rings is 1. The number of allylic oxidation sites excluding steroid dienone is 5. The summed E-state index contributed by atoms with van der Waals surface area (Å²) in [6, 6.07) is 5.71. The van der Waals surface area contributed by atoms with Crippen LogP contribution < -0.4 is 5.11 Å². The van der Waals surface area contributed by atoms with Gasteiger partial charge in [-0.1, -0.05) is 23.8 Å². The van der Waals surface area contributed by atoms with Crippen LogP contribution in [0.2, 0.25) is 5.02 Å². The third-order valence-electron chi connectivity index (χ3n) is 2.63. The summed E-state index contributed by atoms with van der Waals surface area (Å²) in [6.45, 7) is 0. The van der Waals surface area contributed by atoms with E-state index in [9.17, 15) is 13.5 Å². The van der Waals surface area contributed by atoms with Crippen LogP contribution in [0.3, 0.4) is 0 Å². The van der Waals surface area contributed by atoms with Crippen LogP contribution in [-0.2, 0) is 14.8 Å². The zero-order valence-electron chi connectivity index (χ0n) is 11.0. The summed E-state index contributed by atoms with van der Waals surface area (Å²) in [6.07, 6.45) is 5.75. The van der Waals surface area contributed by atoms with Crippen molar-refractivity contribution in [2.75, 3.05) is 7.11 Å². The molecule has 1 aliphatic carbocycles. The quantitative estimate of drug-likeness (QED) is 0.794. The molecule has 0 spiro atoms. The standard InChI is InChI=1S/C14H12ClNO4S/c1-20-14(17)10-2-6-12(7-3-10)16-21(18,19)13-8-4-11(15)5-9-13/h2-9,17H,1H3/p-1. The Morgan fingerprint density at radius 2 is 1.71 bits per heavy atom. The third kappa shape index (κ3) is 3.74. The molecule has 0 saturated heterocycles. The first-order chi connectivity index (χ1) is 9.92. The van der Waals surface area contributed by atoms with Gasteiger partial charge in [0.05, 0.1) is 16.6 Å². The highest BCUT2D eigenvalue weighted by molar-refractivity contribution is 7.90. The van der Waals surface area contributed by atoms with E-state index in [0.717, 1.165) is 0 Å². The molecular formula is C14H11ClNO4S-. The average molecular weight is 325 g/mol. The van der Waals surface area contributed by atoms with Gasteiger partial charge in [0, 0.05) is 5.02 Å². The van der Waals surface area contributed by atoms with Crippen LogP contribution in [0, 0.1) is 0 Å². The first-order valence-electron chi connectivity index (χ1n) is 5.84.